The minimum Gasteiger partial charge on any atom is -0.469 e. The molecule has 1 fully saturated rings. The molecule has 1 N–H and O–H groups in total. The Morgan fingerprint density at radius 3 is 2.64 bits per heavy atom. The van der Waals surface area contributed by atoms with Gasteiger partial charge in [0.15, 0.2) is 8.32 Å². The molecule has 0 radical (unpaired) electrons. The first kappa shape index (κ1) is 31.5. The third-order valence-electron chi connectivity index (χ3n) is 7.80. The van der Waals surface area contributed by atoms with Crippen molar-refractivity contribution < 1.29 is 19.1 Å². The van der Waals surface area contributed by atoms with Crippen LogP contribution in [0.3, 0.4) is 0 Å². The molecule has 1 aromatic rings. The smallest absolute Gasteiger partial charge is 0.305 e. The van der Waals surface area contributed by atoms with Crippen LogP contribution in [0.15, 0.2) is 34.8 Å². The first-order chi connectivity index (χ1) is 16.8. The molecule has 1 aromatic heterocycles. The highest BCUT2D eigenvalue weighted by Crippen LogP contribution is 2.39. The maximum absolute atomic E-state index is 11.3. The number of carbonyl (C=O) groups is 1. The summed E-state index contributed by atoms with van der Waals surface area (Å²) in [6.07, 6.45) is 15.6. The van der Waals surface area contributed by atoms with Crippen molar-refractivity contribution in [1.82, 2.24) is 0 Å². The minimum absolute atomic E-state index is 0.0827. The van der Waals surface area contributed by atoms with Crippen LogP contribution in [-0.4, -0.2) is 38.7 Å². The van der Waals surface area contributed by atoms with E-state index in [9.17, 15) is 9.90 Å². The van der Waals surface area contributed by atoms with E-state index in [0.717, 1.165) is 44.9 Å². The molecular weight excluding hydrogens is 552 g/mol. The van der Waals surface area contributed by atoms with Gasteiger partial charge in [0.1, 0.15) is 0 Å². The second-order valence-electron chi connectivity index (χ2n) is 11.6. The molecule has 0 spiro atoms. The minimum atomic E-state index is -1.91. The predicted octanol–water partition coefficient (Wildman–Crippen LogP) is 8.37. The molecule has 0 amide bonds. The van der Waals surface area contributed by atoms with Gasteiger partial charge >= 0.3 is 5.97 Å². The van der Waals surface area contributed by atoms with E-state index in [1.54, 1.807) is 0 Å². The van der Waals surface area contributed by atoms with E-state index in [1.165, 1.54) is 21.3 Å². The molecule has 1 heterocycles. The Labute approximate surface area is 232 Å². The Hall–Kier alpha value is -0.733. The monoisotopic (exact) mass is 598 g/mol. The zero-order valence-corrected chi connectivity index (χ0v) is 26.7. The van der Waals surface area contributed by atoms with Gasteiger partial charge in [0.2, 0.25) is 0 Å². The van der Waals surface area contributed by atoms with Crippen molar-refractivity contribution in [2.24, 2.45) is 11.8 Å². The number of allylic oxidation sites excluding steroid dienone is 3. The van der Waals surface area contributed by atoms with E-state index in [0.29, 0.717) is 12.3 Å². The highest BCUT2D eigenvalue weighted by molar-refractivity contribution is 9.10. The molecule has 0 aliphatic heterocycles. The summed E-state index contributed by atoms with van der Waals surface area (Å²) in [6.45, 7) is 13.7. The van der Waals surface area contributed by atoms with E-state index in [4.69, 9.17) is 9.16 Å². The second-order valence-corrected chi connectivity index (χ2v) is 18.6. The van der Waals surface area contributed by atoms with Crippen LogP contribution in [0.4, 0.5) is 0 Å². The predicted molar refractivity (Wildman–Crippen MR) is 158 cm³/mol. The SMILES string of the molecule is COC(=O)CCC/C=C\C[C@H]1C(O)CC[C@@H]1/C=C/[C@H](CCc1cc(Br)c(C)s1)O[Si](C)(C)C(C)(C)C. The molecule has 1 unspecified atom stereocenters. The largest absolute Gasteiger partial charge is 0.469 e. The number of methoxy groups -OCH3 is 1. The van der Waals surface area contributed by atoms with Crippen LogP contribution in [0.5, 0.6) is 0 Å². The molecule has 0 aromatic carbocycles. The average molecular weight is 600 g/mol. The van der Waals surface area contributed by atoms with E-state index in [1.807, 2.05) is 11.3 Å². The number of hydrogen-bond donors (Lipinski definition) is 1. The molecule has 0 saturated heterocycles. The maximum Gasteiger partial charge on any atom is 0.305 e. The number of aliphatic hydroxyl groups is 1. The molecule has 36 heavy (non-hydrogen) atoms. The second kappa shape index (κ2) is 14.4. The summed E-state index contributed by atoms with van der Waals surface area (Å²) in [4.78, 5) is 14.0. The van der Waals surface area contributed by atoms with E-state index >= 15 is 0 Å². The zero-order valence-electron chi connectivity index (χ0n) is 23.3. The van der Waals surface area contributed by atoms with Crippen LogP contribution < -0.4 is 0 Å². The van der Waals surface area contributed by atoms with Gasteiger partial charge in [0, 0.05) is 20.6 Å². The molecule has 1 saturated carbocycles. The van der Waals surface area contributed by atoms with Gasteiger partial charge in [0.25, 0.3) is 0 Å². The fraction of sp³-hybridized carbons (Fsp3) is 0.690. The van der Waals surface area contributed by atoms with Gasteiger partial charge in [-0.25, -0.2) is 0 Å². The molecular formula is C29H47BrO4SSi. The van der Waals surface area contributed by atoms with Gasteiger partial charge in [-0.2, -0.15) is 0 Å². The Bertz CT molecular complexity index is 867. The van der Waals surface area contributed by atoms with Crippen LogP contribution in [0.2, 0.25) is 18.1 Å². The lowest BCUT2D eigenvalue weighted by Crippen LogP contribution is -2.43. The standard InChI is InChI=1S/C29H47BrO4SSi/c1-21-26(30)20-24(35-21)18-17-23(34-36(6,7)29(2,3)4)16-14-22-15-19-27(31)25(22)12-10-8-9-11-13-28(32)33-5/h8,10,14,16,20,22-23,25,27,31H,9,11-13,15,17-19H2,1-7H3/b10-8-,16-14+/t22-,23+,25+,27?/m0/s1. The fourth-order valence-corrected chi connectivity index (χ4v) is 7.35. The number of esters is 1. The van der Waals surface area contributed by atoms with Crippen molar-refractivity contribution in [2.75, 3.05) is 7.11 Å². The summed E-state index contributed by atoms with van der Waals surface area (Å²) in [5, 5.41) is 10.8. The number of thiophene rings is 1. The molecule has 4 atom stereocenters. The van der Waals surface area contributed by atoms with E-state index < -0.39 is 8.32 Å². The third kappa shape index (κ3) is 9.86. The summed E-state index contributed by atoms with van der Waals surface area (Å²) in [5.41, 5.74) is 0. The van der Waals surface area contributed by atoms with Gasteiger partial charge < -0.3 is 14.3 Å². The summed E-state index contributed by atoms with van der Waals surface area (Å²) in [7, 11) is -0.487. The van der Waals surface area contributed by atoms with Gasteiger partial charge in [-0.3, -0.25) is 4.79 Å². The van der Waals surface area contributed by atoms with Crippen LogP contribution in [0.1, 0.15) is 75.5 Å². The Kier molecular flexibility index (Phi) is 12.6. The highest BCUT2D eigenvalue weighted by atomic mass is 79.9. The van der Waals surface area contributed by atoms with Crippen molar-refractivity contribution in [3.05, 3.63) is 44.6 Å². The van der Waals surface area contributed by atoms with Crippen molar-refractivity contribution in [2.45, 2.75) is 109 Å². The summed E-state index contributed by atoms with van der Waals surface area (Å²) in [5.74, 6) is 0.446. The number of carbonyl (C=O) groups excluding carboxylic acids is 1. The van der Waals surface area contributed by atoms with Gasteiger partial charge in [-0.1, -0.05) is 45.1 Å². The quantitative estimate of drug-likeness (QED) is 0.107. The fourth-order valence-electron chi connectivity index (χ4n) is 4.43. The molecule has 0 bridgehead atoms. The maximum atomic E-state index is 11.3. The van der Waals surface area contributed by atoms with Crippen LogP contribution >= 0.6 is 27.3 Å². The number of aliphatic hydroxyl groups excluding tert-OH is 1. The Morgan fingerprint density at radius 2 is 2.03 bits per heavy atom. The van der Waals surface area contributed by atoms with Crippen molar-refractivity contribution >= 4 is 41.6 Å². The molecule has 1 aliphatic carbocycles. The number of aryl methyl sites for hydroxylation is 2. The van der Waals surface area contributed by atoms with E-state index in [2.05, 4.69) is 87.1 Å². The van der Waals surface area contributed by atoms with Crippen LogP contribution in [0, 0.1) is 18.8 Å². The Morgan fingerprint density at radius 1 is 1.31 bits per heavy atom. The average Bonchev–Trinajstić information content (AvgIpc) is 3.31. The van der Waals surface area contributed by atoms with Crippen molar-refractivity contribution in [3.8, 4) is 0 Å². The lowest BCUT2D eigenvalue weighted by atomic mass is 9.90. The van der Waals surface area contributed by atoms with Gasteiger partial charge in [-0.15, -0.1) is 11.3 Å². The van der Waals surface area contributed by atoms with Crippen LogP contribution in [-0.2, 0) is 20.4 Å². The number of ether oxygens (including phenoxy) is 1. The topological polar surface area (TPSA) is 55.8 Å². The number of rotatable bonds is 13. The molecule has 1 aliphatic rings. The third-order valence-corrected chi connectivity index (χ3v) is 14.5. The first-order valence-electron chi connectivity index (χ1n) is 13.3. The van der Waals surface area contributed by atoms with Crippen LogP contribution in [0.25, 0.3) is 0 Å². The number of halogens is 1. The number of hydrogen-bond acceptors (Lipinski definition) is 5. The summed E-state index contributed by atoms with van der Waals surface area (Å²) < 4.78 is 12.8. The summed E-state index contributed by atoms with van der Waals surface area (Å²) >= 11 is 5.51. The van der Waals surface area contributed by atoms with Crippen molar-refractivity contribution in [1.29, 1.82) is 0 Å². The molecule has 7 heteroatoms. The highest BCUT2D eigenvalue weighted by Gasteiger charge is 2.39. The van der Waals surface area contributed by atoms with Gasteiger partial charge in [0.05, 0.1) is 19.3 Å². The molecule has 2 rings (SSSR count). The lowest BCUT2D eigenvalue weighted by Gasteiger charge is -2.38. The normalized spacial score (nSPS) is 22.1. The van der Waals surface area contributed by atoms with E-state index in [-0.39, 0.29) is 29.1 Å². The first-order valence-corrected chi connectivity index (χ1v) is 17.9. The zero-order chi connectivity index (χ0) is 26.9. The lowest BCUT2D eigenvalue weighted by molar-refractivity contribution is -0.140. The van der Waals surface area contributed by atoms with Crippen molar-refractivity contribution in [3.63, 3.8) is 0 Å². The molecule has 4 nitrogen and oxygen atoms in total. The summed E-state index contributed by atoms with van der Waals surface area (Å²) in [6, 6.07) is 2.24. The Balaban J connectivity index is 2.03. The van der Waals surface area contributed by atoms with Gasteiger partial charge in [-0.05, 0) is 104 Å². The molecule has 204 valence electrons. The number of unbranched alkanes of at least 4 members (excludes halogenated alkanes) is 1.